The van der Waals surface area contributed by atoms with Gasteiger partial charge in [0.15, 0.2) is 0 Å². The minimum Gasteiger partial charge on any atom is -0.381 e. The Hall–Kier alpha value is -6.61. The lowest BCUT2D eigenvalue weighted by molar-refractivity contribution is 0.0319. The number of hydrogen-bond donors (Lipinski definition) is 4. The van der Waals surface area contributed by atoms with Crippen molar-refractivity contribution in [2.45, 2.75) is 143 Å². The molecule has 3 atom stereocenters. The number of hydrogen-bond acceptors (Lipinski definition) is 13. The second kappa shape index (κ2) is 26.7. The maximum absolute atomic E-state index is 12.9. The van der Waals surface area contributed by atoms with E-state index in [1.165, 1.54) is 23.1 Å². The second-order valence-electron chi connectivity index (χ2n) is 27.7. The average molecular weight is 1210 g/mol. The minimum atomic E-state index is -0.197. The molecule has 8 heterocycles. The first-order valence-electron chi connectivity index (χ1n) is 33.0. The number of rotatable bonds is 14. The average Bonchev–Trinajstić information content (AvgIpc) is 1.93. The fourth-order valence-corrected chi connectivity index (χ4v) is 16.5. The summed E-state index contributed by atoms with van der Waals surface area (Å²) in [6.45, 7) is 14.2. The lowest BCUT2D eigenvalue weighted by atomic mass is 9.68. The van der Waals surface area contributed by atoms with Gasteiger partial charge in [-0.3, -0.25) is 24.5 Å². The lowest BCUT2D eigenvalue weighted by Crippen LogP contribution is -2.55. The predicted molar refractivity (Wildman–Crippen MR) is 344 cm³/mol. The van der Waals surface area contributed by atoms with E-state index in [0.717, 1.165) is 167 Å². The molecule has 4 N–H and O–H groups in total. The molecule has 3 unspecified atom stereocenters. The van der Waals surface area contributed by atoms with E-state index in [1.807, 2.05) is 13.8 Å². The fraction of sp³-hybridized carbons (Fsp3) is 0.586. The van der Waals surface area contributed by atoms with Gasteiger partial charge in [0.1, 0.15) is 11.6 Å². The highest BCUT2D eigenvalue weighted by Gasteiger charge is 2.54. The fourth-order valence-electron chi connectivity index (χ4n) is 16.5. The second-order valence-corrected chi connectivity index (χ2v) is 27.7. The normalized spacial score (nSPS) is 31.6. The monoisotopic (exact) mass is 1210 g/mol. The maximum Gasteiger partial charge on any atom is 0.322 e. The van der Waals surface area contributed by atoms with E-state index in [9.17, 15) is 14.4 Å². The number of ether oxygens (including phenoxy) is 3. The smallest absolute Gasteiger partial charge is 0.322 e. The van der Waals surface area contributed by atoms with E-state index >= 15 is 0 Å². The Morgan fingerprint density at radius 1 is 0.449 bits per heavy atom. The molecule has 6 saturated heterocycles. The van der Waals surface area contributed by atoms with Gasteiger partial charge in [0.05, 0.1) is 85.7 Å². The van der Waals surface area contributed by atoms with Gasteiger partial charge in [0.2, 0.25) is 0 Å². The van der Waals surface area contributed by atoms with Crippen LogP contribution in [0.5, 0.6) is 0 Å². The molecule has 89 heavy (non-hydrogen) atoms. The lowest BCUT2D eigenvalue weighted by Gasteiger charge is -2.50. The van der Waals surface area contributed by atoms with Crippen LogP contribution in [0.1, 0.15) is 125 Å². The minimum absolute atomic E-state index is 0.0105. The van der Waals surface area contributed by atoms with Crippen LogP contribution in [0.3, 0.4) is 0 Å². The Labute approximate surface area is 526 Å². The van der Waals surface area contributed by atoms with Crippen LogP contribution in [0.15, 0.2) is 116 Å². The number of carbonyl (C=O) groups is 3. The van der Waals surface area contributed by atoms with E-state index in [1.54, 1.807) is 34.6 Å². The Morgan fingerprint density at radius 2 is 0.764 bits per heavy atom. The zero-order valence-corrected chi connectivity index (χ0v) is 53.3. The molecule has 9 aliphatic rings. The van der Waals surface area contributed by atoms with Gasteiger partial charge in [-0.1, -0.05) is 91.0 Å². The van der Waals surface area contributed by atoms with Crippen molar-refractivity contribution in [3.8, 4) is 0 Å². The standard InChI is InChI=1S/2C25H33N5O2.C20H29N3O2/c2*1-19-26-14-22(15-27-19)30-18-24(28-23(30)31)9-11-25(12-10-24,21-6-4-3-5-7-21)29(2)16-20-8-13-32-17-20;1-23(13-16-7-12-25-14-16)20(17-5-3-2-4-6-17)10-8-19(9-11-20)15-21-18(24)22-19/h2*3-7,14-15,20H,8-13,16-18H2,1-2H3,(H,28,31);2-6,16H,7-15H2,1H3,(H2,21,22,24). The molecule has 5 aromatic rings. The Balaban J connectivity index is 0.000000131. The van der Waals surface area contributed by atoms with E-state index in [4.69, 9.17) is 14.2 Å². The molecule has 3 saturated carbocycles. The molecular formula is C70H95N13O6. The van der Waals surface area contributed by atoms with Crippen molar-refractivity contribution in [1.82, 2.24) is 55.9 Å². The number of aromatic nitrogens is 4. The third-order valence-corrected chi connectivity index (χ3v) is 22.2. The van der Waals surface area contributed by atoms with Crippen LogP contribution in [0.25, 0.3) is 0 Å². The summed E-state index contributed by atoms with van der Waals surface area (Å²) >= 11 is 0. The summed E-state index contributed by atoms with van der Waals surface area (Å²) in [5.74, 6) is 3.25. The molecule has 3 aromatic carbocycles. The van der Waals surface area contributed by atoms with Gasteiger partial charge >= 0.3 is 18.1 Å². The van der Waals surface area contributed by atoms with Crippen molar-refractivity contribution in [3.63, 3.8) is 0 Å². The molecule has 19 nitrogen and oxygen atoms in total. The molecule has 14 rings (SSSR count). The highest BCUT2D eigenvalue weighted by molar-refractivity contribution is 5.95. The number of nitrogens with one attached hydrogen (secondary N) is 4. The molecule has 6 aliphatic heterocycles. The molecule has 2 aromatic heterocycles. The SMILES string of the molecule is CN(CC1CCOC1)C1(c2ccccc2)CCC2(CC1)CNC(=O)N2.Cc1ncc(N2CC3(CCC(c4ccccc4)(N(C)CC4CCOC4)CC3)NC2=O)cn1.Cc1ncc(N2CC3(CCC(c4ccccc4)(N(C)CC4CCOC4)CC3)NC2=O)cn1. The van der Waals surface area contributed by atoms with Crippen LogP contribution in [-0.2, 0) is 30.8 Å². The molecular weight excluding hydrogens is 1120 g/mol. The van der Waals surface area contributed by atoms with Crippen LogP contribution in [-0.4, -0.2) is 169 Å². The third-order valence-electron chi connectivity index (χ3n) is 22.2. The van der Waals surface area contributed by atoms with Gasteiger partial charge in [-0.15, -0.1) is 0 Å². The molecule has 0 radical (unpaired) electrons. The van der Waals surface area contributed by atoms with Gasteiger partial charge in [0.25, 0.3) is 0 Å². The number of urea groups is 3. The Kier molecular flexibility index (Phi) is 18.8. The van der Waals surface area contributed by atoms with Crippen LogP contribution >= 0.6 is 0 Å². The zero-order chi connectivity index (χ0) is 61.7. The first kappa shape index (κ1) is 62.6. The summed E-state index contributed by atoms with van der Waals surface area (Å²) in [6.07, 6.45) is 22.5. The van der Waals surface area contributed by atoms with Gasteiger partial charge in [-0.25, -0.2) is 34.3 Å². The molecule has 3 aliphatic carbocycles. The van der Waals surface area contributed by atoms with E-state index in [-0.39, 0.29) is 51.3 Å². The van der Waals surface area contributed by atoms with Gasteiger partial charge in [0, 0.05) is 62.6 Å². The quantitative estimate of drug-likeness (QED) is 0.0822. The van der Waals surface area contributed by atoms with Gasteiger partial charge < -0.3 is 35.5 Å². The number of nitrogens with zero attached hydrogens (tertiary/aromatic N) is 9. The van der Waals surface area contributed by atoms with E-state index < -0.39 is 0 Å². The summed E-state index contributed by atoms with van der Waals surface area (Å²) in [4.78, 5) is 65.8. The topological polar surface area (TPSA) is 195 Å². The van der Waals surface area contributed by atoms with Crippen molar-refractivity contribution >= 4 is 29.5 Å². The van der Waals surface area contributed by atoms with Crippen LogP contribution in [0, 0.1) is 31.6 Å². The Morgan fingerprint density at radius 3 is 1.04 bits per heavy atom. The summed E-state index contributed by atoms with van der Waals surface area (Å²) < 4.78 is 16.9. The summed E-state index contributed by atoms with van der Waals surface area (Å²) in [7, 11) is 6.81. The molecule has 9 fully saturated rings. The number of aryl methyl sites for hydroxylation is 2. The number of carbonyl (C=O) groups excluding carboxylic acids is 3. The maximum atomic E-state index is 12.9. The predicted octanol–water partition coefficient (Wildman–Crippen LogP) is 9.46. The van der Waals surface area contributed by atoms with Crippen LogP contribution in [0.4, 0.5) is 25.8 Å². The number of anilines is 2. The third kappa shape index (κ3) is 13.4. The highest BCUT2D eigenvalue weighted by atomic mass is 16.5. The number of benzene rings is 3. The largest absolute Gasteiger partial charge is 0.381 e. The van der Waals surface area contributed by atoms with Crippen molar-refractivity contribution in [1.29, 1.82) is 0 Å². The van der Waals surface area contributed by atoms with E-state index in [0.29, 0.717) is 42.5 Å². The molecule has 476 valence electrons. The van der Waals surface area contributed by atoms with Crippen molar-refractivity contribution in [3.05, 3.63) is 144 Å². The first-order chi connectivity index (χ1) is 43.1. The van der Waals surface area contributed by atoms with Crippen molar-refractivity contribution in [2.24, 2.45) is 17.8 Å². The summed E-state index contributed by atoms with van der Waals surface area (Å²) in [6, 6.07) is 32.6. The zero-order valence-electron chi connectivity index (χ0n) is 53.3. The molecule has 0 bridgehead atoms. The summed E-state index contributed by atoms with van der Waals surface area (Å²) in [5.41, 5.74) is 5.29. The van der Waals surface area contributed by atoms with Gasteiger partial charge in [-0.2, -0.15) is 0 Å². The highest BCUT2D eigenvalue weighted by Crippen LogP contribution is 2.50. The summed E-state index contributed by atoms with van der Waals surface area (Å²) in [5, 5.41) is 12.8. The number of amides is 6. The molecule has 19 heteroatoms. The first-order valence-corrected chi connectivity index (χ1v) is 33.0. The van der Waals surface area contributed by atoms with Crippen LogP contribution < -0.4 is 31.1 Å². The van der Waals surface area contributed by atoms with Crippen LogP contribution in [0.2, 0.25) is 0 Å². The van der Waals surface area contributed by atoms with Crippen molar-refractivity contribution in [2.75, 3.05) is 110 Å². The van der Waals surface area contributed by atoms with Crippen molar-refractivity contribution < 1.29 is 28.6 Å². The molecule has 3 spiro atoms. The molecule has 6 amide bonds. The van der Waals surface area contributed by atoms with E-state index in [2.05, 4.69) is 168 Å². The Bertz CT molecular complexity index is 2980. The van der Waals surface area contributed by atoms with Gasteiger partial charge in [-0.05, 0) is 166 Å².